The molecule has 2 rings (SSSR count). The van der Waals surface area contributed by atoms with Crippen LogP contribution in [0.1, 0.15) is 12.0 Å². The quantitative estimate of drug-likeness (QED) is 0.703. The van der Waals surface area contributed by atoms with Crippen LogP contribution in [-0.2, 0) is 6.42 Å². The van der Waals surface area contributed by atoms with Crippen molar-refractivity contribution in [2.45, 2.75) is 24.4 Å². The van der Waals surface area contributed by atoms with E-state index < -0.39 is 0 Å². The fourth-order valence-electron chi connectivity index (χ4n) is 2.44. The van der Waals surface area contributed by atoms with Gasteiger partial charge in [0.15, 0.2) is 0 Å². The highest BCUT2D eigenvalue weighted by atomic mass is 16.5. The Bertz CT molecular complexity index is 366. The van der Waals surface area contributed by atoms with E-state index in [0.29, 0.717) is 0 Å². The van der Waals surface area contributed by atoms with Crippen molar-refractivity contribution < 1.29 is 9.84 Å². The first kappa shape index (κ1) is 12.4. The van der Waals surface area contributed by atoms with Gasteiger partial charge in [0.1, 0.15) is 5.75 Å². The van der Waals surface area contributed by atoms with Gasteiger partial charge in [0.25, 0.3) is 0 Å². The van der Waals surface area contributed by atoms with E-state index >= 15 is 0 Å². The van der Waals surface area contributed by atoms with Crippen LogP contribution in [-0.4, -0.2) is 36.9 Å². The molecule has 0 amide bonds. The monoisotopic (exact) mass is 236 g/mol. The van der Waals surface area contributed by atoms with Crippen LogP contribution in [0.25, 0.3) is 0 Å². The largest absolute Gasteiger partial charge is 0.497 e. The van der Waals surface area contributed by atoms with Crippen LogP contribution in [0.15, 0.2) is 24.3 Å². The number of aliphatic hydroxyl groups excluding tert-OH is 1. The predicted molar refractivity (Wildman–Crippen MR) is 67.1 cm³/mol. The van der Waals surface area contributed by atoms with Crippen molar-refractivity contribution in [2.24, 2.45) is 5.73 Å². The summed E-state index contributed by atoms with van der Waals surface area (Å²) in [5, 5.41) is 12.9. The molecule has 0 unspecified atom stereocenters. The maximum absolute atomic E-state index is 9.55. The zero-order valence-corrected chi connectivity index (χ0v) is 10.1. The number of hydrogen-bond acceptors (Lipinski definition) is 4. The molecule has 0 bridgehead atoms. The molecule has 4 N–H and O–H groups in total. The summed E-state index contributed by atoms with van der Waals surface area (Å²) in [5.41, 5.74) is 6.82. The number of ether oxygens (including phenoxy) is 1. The standard InChI is InChI=1S/C13H20N2O2/c1-17-12-4-2-10(3-5-12)6-13(9-16)7-11(14)8-15-13/h2-5,11,15-16H,6-9,14H2,1H3/t11-,13-/m0/s1. The molecule has 4 nitrogen and oxygen atoms in total. The topological polar surface area (TPSA) is 67.5 Å². The SMILES string of the molecule is COc1ccc(C[C@@]2(CO)C[C@H](N)CN2)cc1. The van der Waals surface area contributed by atoms with Gasteiger partial charge in [-0.3, -0.25) is 0 Å². The van der Waals surface area contributed by atoms with Gasteiger partial charge in [-0.15, -0.1) is 0 Å². The molecule has 0 radical (unpaired) electrons. The van der Waals surface area contributed by atoms with Gasteiger partial charge < -0.3 is 20.9 Å². The van der Waals surface area contributed by atoms with Crippen molar-refractivity contribution in [3.8, 4) is 5.75 Å². The van der Waals surface area contributed by atoms with Crippen molar-refractivity contribution in [3.63, 3.8) is 0 Å². The van der Waals surface area contributed by atoms with Crippen LogP contribution < -0.4 is 15.8 Å². The highest BCUT2D eigenvalue weighted by Gasteiger charge is 2.36. The molecular weight excluding hydrogens is 216 g/mol. The second-order valence-electron chi connectivity index (χ2n) is 4.81. The van der Waals surface area contributed by atoms with E-state index in [9.17, 15) is 5.11 Å². The van der Waals surface area contributed by atoms with Gasteiger partial charge in [-0.05, 0) is 30.5 Å². The van der Waals surface area contributed by atoms with E-state index in [1.165, 1.54) is 5.56 Å². The third-order valence-corrected chi connectivity index (χ3v) is 3.40. The van der Waals surface area contributed by atoms with Crippen LogP contribution in [0.2, 0.25) is 0 Å². The maximum atomic E-state index is 9.55. The summed E-state index contributed by atoms with van der Waals surface area (Å²) < 4.78 is 5.12. The van der Waals surface area contributed by atoms with Crippen LogP contribution in [0, 0.1) is 0 Å². The molecule has 4 heteroatoms. The Morgan fingerprint density at radius 1 is 1.47 bits per heavy atom. The van der Waals surface area contributed by atoms with Crippen LogP contribution >= 0.6 is 0 Å². The smallest absolute Gasteiger partial charge is 0.118 e. The van der Waals surface area contributed by atoms with E-state index in [4.69, 9.17) is 10.5 Å². The van der Waals surface area contributed by atoms with Gasteiger partial charge in [-0.2, -0.15) is 0 Å². The predicted octanol–water partition coefficient (Wildman–Crippen LogP) is 0.289. The van der Waals surface area contributed by atoms with Crippen LogP contribution in [0.5, 0.6) is 5.75 Å². The second-order valence-corrected chi connectivity index (χ2v) is 4.81. The Hall–Kier alpha value is -1.10. The zero-order chi connectivity index (χ0) is 12.3. The van der Waals surface area contributed by atoms with Gasteiger partial charge in [-0.25, -0.2) is 0 Å². The summed E-state index contributed by atoms with van der Waals surface area (Å²) >= 11 is 0. The molecule has 1 aromatic rings. The van der Waals surface area contributed by atoms with E-state index in [2.05, 4.69) is 5.32 Å². The molecule has 0 aromatic heterocycles. The summed E-state index contributed by atoms with van der Waals surface area (Å²) in [5.74, 6) is 0.850. The number of nitrogens with one attached hydrogen (secondary N) is 1. The minimum absolute atomic E-state index is 0.118. The lowest BCUT2D eigenvalue weighted by Gasteiger charge is -2.27. The fraction of sp³-hybridized carbons (Fsp3) is 0.538. The van der Waals surface area contributed by atoms with Crippen molar-refractivity contribution in [1.82, 2.24) is 5.32 Å². The van der Waals surface area contributed by atoms with E-state index in [0.717, 1.165) is 25.1 Å². The zero-order valence-electron chi connectivity index (χ0n) is 10.1. The number of benzene rings is 1. The van der Waals surface area contributed by atoms with Crippen molar-refractivity contribution >= 4 is 0 Å². The third kappa shape index (κ3) is 2.77. The molecule has 0 aliphatic carbocycles. The molecule has 0 saturated carbocycles. The number of hydrogen-bond donors (Lipinski definition) is 3. The summed E-state index contributed by atoms with van der Waals surface area (Å²) in [4.78, 5) is 0. The number of aliphatic hydroxyl groups is 1. The maximum Gasteiger partial charge on any atom is 0.118 e. The average Bonchev–Trinajstić information content (AvgIpc) is 2.72. The normalized spacial score (nSPS) is 28.3. The summed E-state index contributed by atoms with van der Waals surface area (Å²) in [6.45, 7) is 0.892. The third-order valence-electron chi connectivity index (χ3n) is 3.40. The molecular formula is C13H20N2O2. The Morgan fingerprint density at radius 2 is 2.18 bits per heavy atom. The van der Waals surface area contributed by atoms with Gasteiger partial charge in [-0.1, -0.05) is 12.1 Å². The summed E-state index contributed by atoms with van der Waals surface area (Å²) in [6, 6.07) is 8.08. The number of rotatable bonds is 4. The van der Waals surface area contributed by atoms with Gasteiger partial charge in [0.05, 0.1) is 13.7 Å². The van der Waals surface area contributed by atoms with Crippen LogP contribution in [0.3, 0.4) is 0 Å². The van der Waals surface area contributed by atoms with E-state index in [1.54, 1.807) is 7.11 Å². The van der Waals surface area contributed by atoms with Gasteiger partial charge in [0, 0.05) is 18.1 Å². The number of methoxy groups -OCH3 is 1. The molecule has 0 spiro atoms. The van der Waals surface area contributed by atoms with E-state index in [1.807, 2.05) is 24.3 Å². The highest BCUT2D eigenvalue weighted by molar-refractivity contribution is 5.28. The summed E-state index contributed by atoms with van der Waals surface area (Å²) in [7, 11) is 1.65. The Balaban J connectivity index is 2.07. The molecule has 94 valence electrons. The lowest BCUT2D eigenvalue weighted by molar-refractivity contribution is 0.176. The molecule has 1 fully saturated rings. The molecule has 1 aliphatic rings. The minimum atomic E-state index is -0.256. The van der Waals surface area contributed by atoms with Crippen molar-refractivity contribution in [3.05, 3.63) is 29.8 Å². The Labute approximate surface area is 102 Å². The fourth-order valence-corrected chi connectivity index (χ4v) is 2.44. The first-order chi connectivity index (χ1) is 8.17. The molecule has 1 saturated heterocycles. The molecule has 2 atom stereocenters. The molecule has 1 heterocycles. The van der Waals surface area contributed by atoms with Gasteiger partial charge in [0.2, 0.25) is 0 Å². The Morgan fingerprint density at radius 3 is 2.65 bits per heavy atom. The first-order valence-corrected chi connectivity index (χ1v) is 5.92. The van der Waals surface area contributed by atoms with E-state index in [-0.39, 0.29) is 18.2 Å². The lowest BCUT2D eigenvalue weighted by atomic mass is 9.89. The minimum Gasteiger partial charge on any atom is -0.497 e. The van der Waals surface area contributed by atoms with Crippen molar-refractivity contribution in [2.75, 3.05) is 20.3 Å². The molecule has 17 heavy (non-hydrogen) atoms. The Kier molecular flexibility index (Phi) is 3.66. The van der Waals surface area contributed by atoms with Gasteiger partial charge >= 0.3 is 0 Å². The average molecular weight is 236 g/mol. The first-order valence-electron chi connectivity index (χ1n) is 5.92. The van der Waals surface area contributed by atoms with Crippen LogP contribution in [0.4, 0.5) is 0 Å². The second kappa shape index (κ2) is 5.04. The molecule has 1 aliphatic heterocycles. The molecule has 1 aromatic carbocycles. The number of nitrogens with two attached hydrogens (primary N) is 1. The highest BCUT2D eigenvalue weighted by Crippen LogP contribution is 2.24. The lowest BCUT2D eigenvalue weighted by Crippen LogP contribution is -2.45. The van der Waals surface area contributed by atoms with Crippen molar-refractivity contribution in [1.29, 1.82) is 0 Å². The summed E-state index contributed by atoms with van der Waals surface area (Å²) in [6.07, 6.45) is 1.61.